The van der Waals surface area contributed by atoms with Crippen LogP contribution in [0.2, 0.25) is 0 Å². The minimum atomic E-state index is -3.56. The van der Waals surface area contributed by atoms with Crippen molar-refractivity contribution >= 4 is 42.6 Å². The van der Waals surface area contributed by atoms with Crippen LogP contribution in [0.5, 0.6) is 0 Å². The SMILES string of the molecule is NS(=O)(=O)CCNC(=O)c1ccc2cc(Br)ccc2c1. The average Bonchev–Trinajstić information content (AvgIpc) is 2.36. The van der Waals surface area contributed by atoms with Gasteiger partial charge in [-0.2, -0.15) is 0 Å². The third kappa shape index (κ3) is 4.03. The molecule has 5 nitrogen and oxygen atoms in total. The summed E-state index contributed by atoms with van der Waals surface area (Å²) in [4.78, 5) is 11.9. The van der Waals surface area contributed by atoms with Gasteiger partial charge in [0, 0.05) is 16.6 Å². The van der Waals surface area contributed by atoms with Crippen LogP contribution in [0, 0.1) is 0 Å². The number of rotatable bonds is 4. The molecule has 3 N–H and O–H groups in total. The van der Waals surface area contributed by atoms with Gasteiger partial charge < -0.3 is 5.32 Å². The molecule has 0 bridgehead atoms. The van der Waals surface area contributed by atoms with Gasteiger partial charge in [0.2, 0.25) is 10.0 Å². The molecule has 0 unspecified atom stereocenters. The molecule has 2 aromatic carbocycles. The zero-order valence-corrected chi connectivity index (χ0v) is 12.9. The van der Waals surface area contributed by atoms with Gasteiger partial charge in [-0.25, -0.2) is 13.6 Å². The van der Waals surface area contributed by atoms with Crippen LogP contribution in [0.15, 0.2) is 40.9 Å². The molecular weight excluding hydrogens is 344 g/mol. The summed E-state index contributed by atoms with van der Waals surface area (Å²) in [5, 5.41) is 9.34. The van der Waals surface area contributed by atoms with Gasteiger partial charge in [-0.1, -0.05) is 28.1 Å². The third-order valence-corrected chi connectivity index (χ3v) is 4.00. The number of primary sulfonamides is 1. The van der Waals surface area contributed by atoms with Crippen LogP contribution >= 0.6 is 15.9 Å². The van der Waals surface area contributed by atoms with E-state index in [1.807, 2.05) is 24.3 Å². The molecule has 0 aliphatic carbocycles. The lowest BCUT2D eigenvalue weighted by Gasteiger charge is -2.06. The number of hydrogen-bond acceptors (Lipinski definition) is 3. The smallest absolute Gasteiger partial charge is 0.251 e. The lowest BCUT2D eigenvalue weighted by Crippen LogP contribution is -2.31. The van der Waals surface area contributed by atoms with Crippen molar-refractivity contribution in [1.29, 1.82) is 0 Å². The van der Waals surface area contributed by atoms with Crippen LogP contribution in [-0.2, 0) is 10.0 Å². The summed E-state index contributed by atoms with van der Waals surface area (Å²) < 4.78 is 22.5. The Kier molecular flexibility index (Phi) is 4.42. The molecular formula is C13H13BrN2O3S. The van der Waals surface area contributed by atoms with Crippen molar-refractivity contribution in [2.75, 3.05) is 12.3 Å². The number of halogens is 1. The average molecular weight is 357 g/mol. The van der Waals surface area contributed by atoms with E-state index in [0.717, 1.165) is 15.2 Å². The highest BCUT2D eigenvalue weighted by Gasteiger charge is 2.08. The second-order valence-corrected chi connectivity index (χ2v) is 6.98. The van der Waals surface area contributed by atoms with E-state index < -0.39 is 10.0 Å². The summed E-state index contributed by atoms with van der Waals surface area (Å²) in [6.45, 7) is -0.00393. The Morgan fingerprint density at radius 3 is 2.50 bits per heavy atom. The van der Waals surface area contributed by atoms with Gasteiger partial charge in [-0.15, -0.1) is 0 Å². The molecule has 0 saturated heterocycles. The number of nitrogens with one attached hydrogen (secondary N) is 1. The molecule has 0 aromatic heterocycles. The Balaban J connectivity index is 2.12. The Bertz CT molecular complexity index is 759. The van der Waals surface area contributed by atoms with E-state index in [-0.39, 0.29) is 18.2 Å². The zero-order chi connectivity index (χ0) is 14.8. The summed E-state index contributed by atoms with van der Waals surface area (Å²) in [6, 6.07) is 11.0. The third-order valence-electron chi connectivity index (χ3n) is 2.74. The maximum atomic E-state index is 11.9. The molecule has 0 atom stereocenters. The van der Waals surface area contributed by atoms with Crippen molar-refractivity contribution in [2.24, 2.45) is 5.14 Å². The van der Waals surface area contributed by atoms with Gasteiger partial charge in [0.15, 0.2) is 0 Å². The van der Waals surface area contributed by atoms with Crippen LogP contribution in [0.4, 0.5) is 0 Å². The summed E-state index contributed by atoms with van der Waals surface area (Å²) in [5.74, 6) is -0.599. The Morgan fingerprint density at radius 2 is 1.80 bits per heavy atom. The molecule has 106 valence electrons. The van der Waals surface area contributed by atoms with E-state index in [9.17, 15) is 13.2 Å². The molecule has 20 heavy (non-hydrogen) atoms. The predicted octanol–water partition coefficient (Wildman–Crippen LogP) is 1.62. The van der Waals surface area contributed by atoms with Crippen molar-refractivity contribution in [2.45, 2.75) is 0 Å². The quantitative estimate of drug-likeness (QED) is 0.872. The number of fused-ring (bicyclic) bond motifs is 1. The minimum absolute atomic E-state index is 0.00393. The summed E-state index contributed by atoms with van der Waals surface area (Å²) >= 11 is 3.38. The highest BCUT2D eigenvalue weighted by molar-refractivity contribution is 9.10. The molecule has 7 heteroatoms. The Morgan fingerprint density at radius 1 is 1.15 bits per heavy atom. The normalized spacial score (nSPS) is 11.5. The maximum Gasteiger partial charge on any atom is 0.251 e. The van der Waals surface area contributed by atoms with Crippen LogP contribution in [0.25, 0.3) is 10.8 Å². The van der Waals surface area contributed by atoms with E-state index in [0.29, 0.717) is 5.56 Å². The first-order valence-electron chi connectivity index (χ1n) is 5.83. The highest BCUT2D eigenvalue weighted by Crippen LogP contribution is 2.20. The molecule has 0 spiro atoms. The fourth-order valence-corrected chi connectivity index (χ4v) is 2.53. The molecule has 0 radical (unpaired) electrons. The van der Waals surface area contributed by atoms with Gasteiger partial charge in [0.1, 0.15) is 0 Å². The number of carbonyl (C=O) groups is 1. The highest BCUT2D eigenvalue weighted by atomic mass is 79.9. The molecule has 0 fully saturated rings. The monoisotopic (exact) mass is 356 g/mol. The zero-order valence-electron chi connectivity index (χ0n) is 10.5. The van der Waals surface area contributed by atoms with Crippen LogP contribution in [-0.4, -0.2) is 26.6 Å². The van der Waals surface area contributed by atoms with Crippen molar-refractivity contribution in [1.82, 2.24) is 5.32 Å². The van der Waals surface area contributed by atoms with Crippen molar-refractivity contribution in [3.8, 4) is 0 Å². The first-order valence-corrected chi connectivity index (χ1v) is 8.34. The number of benzene rings is 2. The first kappa shape index (κ1) is 15.0. The molecule has 1 amide bonds. The summed E-state index contributed by atoms with van der Waals surface area (Å²) in [7, 11) is -3.56. The lowest BCUT2D eigenvalue weighted by molar-refractivity contribution is 0.0956. The minimum Gasteiger partial charge on any atom is -0.351 e. The van der Waals surface area contributed by atoms with E-state index in [4.69, 9.17) is 5.14 Å². The summed E-state index contributed by atoms with van der Waals surface area (Å²) in [5.41, 5.74) is 0.481. The Hall–Kier alpha value is -1.44. The molecule has 0 aliphatic rings. The maximum absolute atomic E-state index is 11.9. The van der Waals surface area contributed by atoms with Gasteiger partial charge in [-0.05, 0) is 35.0 Å². The first-order chi connectivity index (χ1) is 9.35. The standard InChI is InChI=1S/C13H13BrN2O3S/c14-12-4-3-9-7-11(2-1-10(9)8-12)13(17)16-5-6-20(15,18)19/h1-4,7-8H,5-6H2,(H,16,17)(H2,15,18,19). The second kappa shape index (κ2) is 5.90. The lowest BCUT2D eigenvalue weighted by atomic mass is 10.1. The largest absolute Gasteiger partial charge is 0.351 e. The van der Waals surface area contributed by atoms with Crippen LogP contribution in [0.1, 0.15) is 10.4 Å². The molecule has 0 heterocycles. The fraction of sp³-hybridized carbons (Fsp3) is 0.154. The van der Waals surface area contributed by atoms with Gasteiger partial charge in [0.25, 0.3) is 5.91 Å². The number of sulfonamides is 1. The molecule has 0 aliphatic heterocycles. The number of hydrogen-bond donors (Lipinski definition) is 2. The molecule has 2 rings (SSSR count). The number of carbonyl (C=O) groups excluding carboxylic acids is 1. The van der Waals surface area contributed by atoms with E-state index in [1.54, 1.807) is 12.1 Å². The van der Waals surface area contributed by atoms with E-state index in [1.165, 1.54) is 0 Å². The predicted molar refractivity (Wildman–Crippen MR) is 82.0 cm³/mol. The van der Waals surface area contributed by atoms with Crippen molar-refractivity contribution < 1.29 is 13.2 Å². The number of nitrogens with two attached hydrogens (primary N) is 1. The molecule has 2 aromatic rings. The topological polar surface area (TPSA) is 89.3 Å². The van der Waals surface area contributed by atoms with E-state index >= 15 is 0 Å². The Labute approximate surface area is 125 Å². The summed E-state index contributed by atoms with van der Waals surface area (Å²) in [6.07, 6.45) is 0. The van der Waals surface area contributed by atoms with Crippen LogP contribution < -0.4 is 10.5 Å². The second-order valence-electron chi connectivity index (χ2n) is 4.33. The van der Waals surface area contributed by atoms with Gasteiger partial charge >= 0.3 is 0 Å². The van der Waals surface area contributed by atoms with E-state index in [2.05, 4.69) is 21.2 Å². The number of amides is 1. The van der Waals surface area contributed by atoms with Gasteiger partial charge in [0.05, 0.1) is 5.75 Å². The fourth-order valence-electron chi connectivity index (χ4n) is 1.77. The van der Waals surface area contributed by atoms with Crippen molar-refractivity contribution in [3.05, 3.63) is 46.4 Å². The van der Waals surface area contributed by atoms with Crippen LogP contribution in [0.3, 0.4) is 0 Å². The van der Waals surface area contributed by atoms with Gasteiger partial charge in [-0.3, -0.25) is 4.79 Å². The molecule has 0 saturated carbocycles. The van der Waals surface area contributed by atoms with Crippen molar-refractivity contribution in [3.63, 3.8) is 0 Å².